The van der Waals surface area contributed by atoms with Crippen LogP contribution in [0.3, 0.4) is 0 Å². The SMILES string of the molecule is COc1cccc([C@@]2(C)NC(=O)N(NC(=O)COc3ccc4ccccc4c3)C2=O)c1. The van der Waals surface area contributed by atoms with Gasteiger partial charge in [0.1, 0.15) is 17.0 Å². The van der Waals surface area contributed by atoms with Crippen LogP contribution in [0, 0.1) is 0 Å². The van der Waals surface area contributed by atoms with E-state index >= 15 is 0 Å². The van der Waals surface area contributed by atoms with E-state index in [1.807, 2.05) is 36.4 Å². The molecule has 8 heteroatoms. The number of carbonyl (C=O) groups excluding carboxylic acids is 3. The smallest absolute Gasteiger partial charge is 0.344 e. The van der Waals surface area contributed by atoms with Crippen molar-refractivity contribution in [3.8, 4) is 11.5 Å². The molecule has 31 heavy (non-hydrogen) atoms. The summed E-state index contributed by atoms with van der Waals surface area (Å²) in [6.45, 7) is 1.21. The van der Waals surface area contributed by atoms with Crippen LogP contribution in [0.5, 0.6) is 11.5 Å². The zero-order valence-corrected chi connectivity index (χ0v) is 17.0. The summed E-state index contributed by atoms with van der Waals surface area (Å²) in [7, 11) is 1.51. The van der Waals surface area contributed by atoms with Gasteiger partial charge in [0.2, 0.25) is 0 Å². The number of benzene rings is 3. The Kier molecular flexibility index (Phi) is 5.21. The number of methoxy groups -OCH3 is 1. The number of carbonyl (C=O) groups is 3. The van der Waals surface area contributed by atoms with Crippen LogP contribution in [0.4, 0.5) is 4.79 Å². The molecule has 1 aliphatic rings. The van der Waals surface area contributed by atoms with Gasteiger partial charge in [0.15, 0.2) is 6.61 Å². The summed E-state index contributed by atoms with van der Waals surface area (Å²) in [6, 6.07) is 19.3. The highest BCUT2D eigenvalue weighted by atomic mass is 16.5. The number of hydrazine groups is 1. The molecule has 3 aromatic carbocycles. The zero-order chi connectivity index (χ0) is 22.0. The highest BCUT2D eigenvalue weighted by Crippen LogP contribution is 2.30. The molecule has 0 unspecified atom stereocenters. The molecule has 0 aliphatic carbocycles. The fraction of sp³-hybridized carbons (Fsp3) is 0.174. The molecule has 0 saturated carbocycles. The predicted molar refractivity (Wildman–Crippen MR) is 113 cm³/mol. The molecule has 1 saturated heterocycles. The number of amides is 4. The Morgan fingerprint density at radius 3 is 2.55 bits per heavy atom. The number of nitrogens with zero attached hydrogens (tertiary/aromatic N) is 1. The van der Waals surface area contributed by atoms with Gasteiger partial charge in [0.25, 0.3) is 11.8 Å². The van der Waals surface area contributed by atoms with E-state index in [-0.39, 0.29) is 6.61 Å². The van der Waals surface area contributed by atoms with Crippen LogP contribution in [-0.4, -0.2) is 36.6 Å². The topological polar surface area (TPSA) is 97.0 Å². The van der Waals surface area contributed by atoms with Gasteiger partial charge in [-0.1, -0.05) is 42.5 Å². The minimum Gasteiger partial charge on any atom is -0.497 e. The number of nitrogens with one attached hydrogen (secondary N) is 2. The molecular weight excluding hydrogens is 398 g/mol. The van der Waals surface area contributed by atoms with Crippen molar-refractivity contribution in [2.24, 2.45) is 0 Å². The average Bonchev–Trinajstić information content (AvgIpc) is 3.01. The van der Waals surface area contributed by atoms with Crippen LogP contribution in [0.25, 0.3) is 10.8 Å². The van der Waals surface area contributed by atoms with Crippen molar-refractivity contribution >= 4 is 28.6 Å². The summed E-state index contributed by atoms with van der Waals surface area (Å²) in [6.07, 6.45) is 0. The fourth-order valence-electron chi connectivity index (χ4n) is 3.43. The molecule has 4 rings (SSSR count). The molecule has 8 nitrogen and oxygen atoms in total. The molecule has 0 radical (unpaired) electrons. The van der Waals surface area contributed by atoms with E-state index in [0.29, 0.717) is 22.1 Å². The standard InChI is InChI=1S/C23H21N3O5/c1-23(17-8-5-9-18(13-17)30-2)21(28)26(22(29)24-23)25-20(27)14-31-19-11-10-15-6-3-4-7-16(15)12-19/h3-13H,14H2,1-2H3,(H,24,29)(H,25,27)/t23-/m1/s1. The van der Waals surface area contributed by atoms with Crippen molar-refractivity contribution in [3.05, 3.63) is 72.3 Å². The molecule has 1 atom stereocenters. The lowest BCUT2D eigenvalue weighted by Gasteiger charge is -2.22. The maximum Gasteiger partial charge on any atom is 0.344 e. The summed E-state index contributed by atoms with van der Waals surface area (Å²) >= 11 is 0. The van der Waals surface area contributed by atoms with Gasteiger partial charge in [0.05, 0.1) is 7.11 Å². The minimum atomic E-state index is -1.34. The van der Waals surface area contributed by atoms with Crippen LogP contribution in [0.2, 0.25) is 0 Å². The van der Waals surface area contributed by atoms with Crippen molar-refractivity contribution < 1.29 is 23.9 Å². The first-order valence-electron chi connectivity index (χ1n) is 9.63. The van der Waals surface area contributed by atoms with Crippen LogP contribution >= 0.6 is 0 Å². The Bertz CT molecular complexity index is 1180. The zero-order valence-electron chi connectivity index (χ0n) is 17.0. The van der Waals surface area contributed by atoms with E-state index < -0.39 is 23.4 Å². The largest absolute Gasteiger partial charge is 0.497 e. The van der Waals surface area contributed by atoms with Crippen molar-refractivity contribution in [1.29, 1.82) is 0 Å². The number of hydrogen-bond donors (Lipinski definition) is 2. The van der Waals surface area contributed by atoms with Gasteiger partial charge in [-0.2, -0.15) is 5.01 Å². The van der Waals surface area contributed by atoms with Gasteiger partial charge in [-0.05, 0) is 47.5 Å². The van der Waals surface area contributed by atoms with Crippen molar-refractivity contribution in [3.63, 3.8) is 0 Å². The van der Waals surface area contributed by atoms with Gasteiger partial charge in [0, 0.05) is 0 Å². The molecule has 3 aromatic rings. The van der Waals surface area contributed by atoms with Crippen LogP contribution in [-0.2, 0) is 15.1 Å². The molecule has 2 N–H and O–H groups in total. The van der Waals surface area contributed by atoms with E-state index in [4.69, 9.17) is 9.47 Å². The normalized spacial score (nSPS) is 18.1. The van der Waals surface area contributed by atoms with E-state index in [9.17, 15) is 14.4 Å². The third kappa shape index (κ3) is 3.87. The predicted octanol–water partition coefficient (Wildman–Crippen LogP) is 2.73. The van der Waals surface area contributed by atoms with Gasteiger partial charge in [-0.15, -0.1) is 0 Å². The quantitative estimate of drug-likeness (QED) is 0.599. The second-order valence-electron chi connectivity index (χ2n) is 7.26. The summed E-state index contributed by atoms with van der Waals surface area (Å²) < 4.78 is 10.7. The first kappa shape index (κ1) is 20.2. The summed E-state index contributed by atoms with van der Waals surface area (Å²) in [5.74, 6) is -0.185. The number of fused-ring (bicyclic) bond motifs is 1. The Hall–Kier alpha value is -4.07. The second-order valence-corrected chi connectivity index (χ2v) is 7.26. The van der Waals surface area contributed by atoms with Gasteiger partial charge in [-0.3, -0.25) is 15.0 Å². The maximum absolute atomic E-state index is 12.9. The fourth-order valence-corrected chi connectivity index (χ4v) is 3.43. The summed E-state index contributed by atoms with van der Waals surface area (Å²) in [5.41, 5.74) is 1.52. The van der Waals surface area contributed by atoms with E-state index in [2.05, 4.69) is 10.7 Å². The van der Waals surface area contributed by atoms with Crippen LogP contribution in [0.1, 0.15) is 12.5 Å². The Morgan fingerprint density at radius 2 is 1.77 bits per heavy atom. The first-order chi connectivity index (χ1) is 14.9. The number of rotatable bonds is 6. The molecule has 0 aromatic heterocycles. The van der Waals surface area contributed by atoms with E-state index in [0.717, 1.165) is 10.8 Å². The van der Waals surface area contributed by atoms with Gasteiger partial charge < -0.3 is 14.8 Å². The summed E-state index contributed by atoms with van der Waals surface area (Å²) in [5, 5.41) is 5.32. The highest BCUT2D eigenvalue weighted by molar-refractivity contribution is 6.08. The number of urea groups is 1. The molecule has 1 fully saturated rings. The molecule has 0 spiro atoms. The molecule has 1 heterocycles. The highest BCUT2D eigenvalue weighted by Gasteiger charge is 2.50. The number of ether oxygens (including phenoxy) is 2. The third-order valence-electron chi connectivity index (χ3n) is 5.17. The number of imide groups is 1. The lowest BCUT2D eigenvalue weighted by Crippen LogP contribution is -2.49. The van der Waals surface area contributed by atoms with Crippen molar-refractivity contribution in [2.45, 2.75) is 12.5 Å². The molecular formula is C23H21N3O5. The maximum atomic E-state index is 12.9. The molecule has 0 bridgehead atoms. The van der Waals surface area contributed by atoms with Crippen molar-refractivity contribution in [2.75, 3.05) is 13.7 Å². The minimum absolute atomic E-state index is 0.356. The number of hydrogen-bond acceptors (Lipinski definition) is 5. The van der Waals surface area contributed by atoms with E-state index in [1.54, 1.807) is 37.3 Å². The Morgan fingerprint density at radius 1 is 1.00 bits per heavy atom. The van der Waals surface area contributed by atoms with Crippen molar-refractivity contribution in [1.82, 2.24) is 15.8 Å². The summed E-state index contributed by atoms with van der Waals surface area (Å²) in [4.78, 5) is 37.7. The van der Waals surface area contributed by atoms with Gasteiger partial charge >= 0.3 is 6.03 Å². The monoisotopic (exact) mass is 419 g/mol. The Labute approximate surface area is 178 Å². The lowest BCUT2D eigenvalue weighted by atomic mass is 9.92. The average molecular weight is 419 g/mol. The molecule has 4 amide bonds. The van der Waals surface area contributed by atoms with Gasteiger partial charge in [-0.25, -0.2) is 4.79 Å². The third-order valence-corrected chi connectivity index (χ3v) is 5.17. The first-order valence-corrected chi connectivity index (χ1v) is 9.63. The lowest BCUT2D eigenvalue weighted by molar-refractivity contribution is -0.139. The second kappa shape index (κ2) is 7.98. The van der Waals surface area contributed by atoms with Crippen LogP contribution in [0.15, 0.2) is 66.7 Å². The molecule has 158 valence electrons. The Balaban J connectivity index is 1.42. The van der Waals surface area contributed by atoms with Crippen LogP contribution < -0.4 is 20.2 Å². The van der Waals surface area contributed by atoms with E-state index in [1.165, 1.54) is 7.11 Å². The molecule has 1 aliphatic heterocycles.